The molecule has 1 heterocycles. The van der Waals surface area contributed by atoms with Gasteiger partial charge in [-0.2, -0.15) is 10.4 Å². The van der Waals surface area contributed by atoms with Crippen molar-refractivity contribution in [1.82, 2.24) is 9.78 Å². The maximum Gasteiger partial charge on any atom is 0.141 e. The molecule has 0 spiro atoms. The maximum absolute atomic E-state index is 13.9. The standard InChI is InChI=1S/C18H14FN3O/c1-12-9-18(13-3-4-14(11-20)17(19)10-13)22(21-12)15-5-7-16(23-2)8-6-15/h3-10H,1-2H3. The van der Waals surface area contributed by atoms with Gasteiger partial charge in [-0.05, 0) is 49.4 Å². The Kier molecular flexibility index (Phi) is 3.82. The molecule has 4 nitrogen and oxygen atoms in total. The van der Waals surface area contributed by atoms with Gasteiger partial charge in [-0.3, -0.25) is 0 Å². The topological polar surface area (TPSA) is 50.8 Å². The molecule has 0 radical (unpaired) electrons. The predicted molar refractivity (Wildman–Crippen MR) is 85.0 cm³/mol. The molecule has 114 valence electrons. The zero-order chi connectivity index (χ0) is 16.4. The average molecular weight is 307 g/mol. The normalized spacial score (nSPS) is 10.3. The van der Waals surface area contributed by atoms with Crippen LogP contribution in [0.25, 0.3) is 16.9 Å². The molecule has 0 atom stereocenters. The Labute approximate surface area is 133 Å². The van der Waals surface area contributed by atoms with E-state index in [1.54, 1.807) is 17.9 Å². The highest BCUT2D eigenvalue weighted by molar-refractivity contribution is 5.64. The third kappa shape index (κ3) is 2.79. The van der Waals surface area contributed by atoms with Gasteiger partial charge < -0.3 is 4.74 Å². The first kappa shape index (κ1) is 14.8. The van der Waals surface area contributed by atoms with Crippen molar-refractivity contribution in [2.45, 2.75) is 6.92 Å². The number of halogens is 1. The minimum Gasteiger partial charge on any atom is -0.497 e. The fourth-order valence-electron chi connectivity index (χ4n) is 2.39. The molecular formula is C18H14FN3O. The Morgan fingerprint density at radius 1 is 1.13 bits per heavy atom. The number of nitriles is 1. The van der Waals surface area contributed by atoms with Crippen molar-refractivity contribution < 1.29 is 9.13 Å². The largest absolute Gasteiger partial charge is 0.497 e. The number of ether oxygens (including phenoxy) is 1. The van der Waals surface area contributed by atoms with Gasteiger partial charge in [0.2, 0.25) is 0 Å². The summed E-state index contributed by atoms with van der Waals surface area (Å²) < 4.78 is 20.8. The summed E-state index contributed by atoms with van der Waals surface area (Å²) in [6, 6.07) is 15.7. The van der Waals surface area contributed by atoms with Gasteiger partial charge in [-0.25, -0.2) is 9.07 Å². The van der Waals surface area contributed by atoms with Crippen LogP contribution in [0.5, 0.6) is 5.75 Å². The van der Waals surface area contributed by atoms with Gasteiger partial charge in [-0.15, -0.1) is 0 Å². The number of aromatic nitrogens is 2. The first-order valence-electron chi connectivity index (χ1n) is 7.03. The maximum atomic E-state index is 13.9. The second-order valence-electron chi connectivity index (χ2n) is 5.09. The SMILES string of the molecule is COc1ccc(-n2nc(C)cc2-c2ccc(C#N)c(F)c2)cc1. The van der Waals surface area contributed by atoms with Crippen molar-refractivity contribution in [3.8, 4) is 28.8 Å². The van der Waals surface area contributed by atoms with Crippen LogP contribution in [0.3, 0.4) is 0 Å². The Bertz CT molecular complexity index is 892. The lowest BCUT2D eigenvalue weighted by molar-refractivity contribution is 0.414. The zero-order valence-electron chi connectivity index (χ0n) is 12.7. The van der Waals surface area contributed by atoms with E-state index in [2.05, 4.69) is 5.10 Å². The summed E-state index contributed by atoms with van der Waals surface area (Å²) in [5, 5.41) is 13.3. The van der Waals surface area contributed by atoms with Crippen molar-refractivity contribution in [3.63, 3.8) is 0 Å². The van der Waals surface area contributed by atoms with Gasteiger partial charge in [0.05, 0.1) is 29.7 Å². The number of hydrogen-bond acceptors (Lipinski definition) is 3. The molecule has 0 amide bonds. The predicted octanol–water partition coefficient (Wildman–Crippen LogP) is 3.87. The lowest BCUT2D eigenvalue weighted by atomic mass is 10.1. The van der Waals surface area contributed by atoms with E-state index in [1.807, 2.05) is 43.3 Å². The van der Waals surface area contributed by atoms with Gasteiger partial charge in [0.1, 0.15) is 17.6 Å². The van der Waals surface area contributed by atoms with Crippen molar-refractivity contribution in [3.05, 3.63) is 65.6 Å². The zero-order valence-corrected chi connectivity index (χ0v) is 12.7. The average Bonchev–Trinajstić information content (AvgIpc) is 2.96. The molecule has 2 aromatic carbocycles. The number of rotatable bonds is 3. The quantitative estimate of drug-likeness (QED) is 0.738. The first-order chi connectivity index (χ1) is 11.1. The Morgan fingerprint density at radius 2 is 1.87 bits per heavy atom. The fraction of sp³-hybridized carbons (Fsp3) is 0.111. The van der Waals surface area contributed by atoms with E-state index in [4.69, 9.17) is 10.00 Å². The van der Waals surface area contributed by atoms with Crippen LogP contribution in [0.4, 0.5) is 4.39 Å². The summed E-state index contributed by atoms with van der Waals surface area (Å²) in [5.74, 6) is 0.216. The van der Waals surface area contributed by atoms with Gasteiger partial charge in [0.15, 0.2) is 0 Å². The second-order valence-corrected chi connectivity index (χ2v) is 5.09. The van der Waals surface area contributed by atoms with E-state index in [1.165, 1.54) is 12.1 Å². The molecule has 1 aromatic heterocycles. The van der Waals surface area contributed by atoms with Crippen LogP contribution < -0.4 is 4.74 Å². The van der Waals surface area contributed by atoms with Crippen molar-refractivity contribution in [1.29, 1.82) is 5.26 Å². The first-order valence-corrected chi connectivity index (χ1v) is 7.03. The van der Waals surface area contributed by atoms with E-state index in [0.717, 1.165) is 22.8 Å². The molecule has 23 heavy (non-hydrogen) atoms. The monoisotopic (exact) mass is 307 g/mol. The van der Waals surface area contributed by atoms with E-state index in [9.17, 15) is 4.39 Å². The molecule has 0 bridgehead atoms. The second kappa shape index (κ2) is 5.93. The molecule has 0 saturated heterocycles. The summed E-state index contributed by atoms with van der Waals surface area (Å²) >= 11 is 0. The van der Waals surface area contributed by atoms with Crippen LogP contribution in [-0.2, 0) is 0 Å². The van der Waals surface area contributed by atoms with Crippen LogP contribution in [0, 0.1) is 24.1 Å². The smallest absolute Gasteiger partial charge is 0.141 e. The summed E-state index contributed by atoms with van der Waals surface area (Å²) in [4.78, 5) is 0. The lowest BCUT2D eigenvalue weighted by Crippen LogP contribution is -2.00. The minimum absolute atomic E-state index is 0.0287. The van der Waals surface area contributed by atoms with Gasteiger partial charge in [-0.1, -0.05) is 6.07 Å². The molecule has 0 aliphatic heterocycles. The summed E-state index contributed by atoms with van der Waals surface area (Å²) in [7, 11) is 1.61. The summed E-state index contributed by atoms with van der Waals surface area (Å²) in [5.41, 5.74) is 3.12. The van der Waals surface area contributed by atoms with Crippen LogP contribution in [0.1, 0.15) is 11.3 Å². The van der Waals surface area contributed by atoms with Crippen LogP contribution >= 0.6 is 0 Å². The Hall–Kier alpha value is -3.13. The van der Waals surface area contributed by atoms with E-state index >= 15 is 0 Å². The lowest BCUT2D eigenvalue weighted by Gasteiger charge is -2.09. The molecule has 5 heteroatoms. The van der Waals surface area contributed by atoms with Crippen LogP contribution in [-0.4, -0.2) is 16.9 Å². The minimum atomic E-state index is -0.537. The molecule has 0 aliphatic rings. The number of hydrogen-bond donors (Lipinski definition) is 0. The number of methoxy groups -OCH3 is 1. The molecule has 3 aromatic rings. The van der Waals surface area contributed by atoms with E-state index < -0.39 is 5.82 Å². The van der Waals surface area contributed by atoms with Crippen molar-refractivity contribution in [2.75, 3.05) is 7.11 Å². The molecule has 0 aliphatic carbocycles. The van der Waals surface area contributed by atoms with Crippen LogP contribution in [0.15, 0.2) is 48.5 Å². The highest BCUT2D eigenvalue weighted by Crippen LogP contribution is 2.26. The van der Waals surface area contributed by atoms with Gasteiger partial charge >= 0.3 is 0 Å². The number of benzene rings is 2. The van der Waals surface area contributed by atoms with Gasteiger partial charge in [0.25, 0.3) is 0 Å². The van der Waals surface area contributed by atoms with Crippen molar-refractivity contribution in [2.24, 2.45) is 0 Å². The van der Waals surface area contributed by atoms with Crippen molar-refractivity contribution >= 4 is 0 Å². The Morgan fingerprint density at radius 3 is 2.48 bits per heavy atom. The Balaban J connectivity index is 2.10. The number of nitrogens with zero attached hydrogens (tertiary/aromatic N) is 3. The molecule has 0 N–H and O–H groups in total. The van der Waals surface area contributed by atoms with Crippen LogP contribution in [0.2, 0.25) is 0 Å². The third-order valence-corrected chi connectivity index (χ3v) is 3.53. The molecule has 0 saturated carbocycles. The fourth-order valence-corrected chi connectivity index (χ4v) is 2.39. The molecule has 0 unspecified atom stereocenters. The van der Waals surface area contributed by atoms with E-state index in [-0.39, 0.29) is 5.56 Å². The molecule has 3 rings (SSSR count). The highest BCUT2D eigenvalue weighted by Gasteiger charge is 2.12. The molecule has 0 fully saturated rings. The van der Waals surface area contributed by atoms with Gasteiger partial charge in [0, 0.05) is 5.56 Å². The number of aryl methyl sites for hydroxylation is 1. The molecular weight excluding hydrogens is 293 g/mol. The highest BCUT2D eigenvalue weighted by atomic mass is 19.1. The summed E-state index contributed by atoms with van der Waals surface area (Å²) in [6.07, 6.45) is 0. The van der Waals surface area contributed by atoms with E-state index in [0.29, 0.717) is 5.56 Å². The third-order valence-electron chi connectivity index (χ3n) is 3.53. The summed E-state index contributed by atoms with van der Waals surface area (Å²) in [6.45, 7) is 1.88.